The van der Waals surface area contributed by atoms with Gasteiger partial charge in [-0.05, 0) is 33.5 Å². The lowest BCUT2D eigenvalue weighted by Crippen LogP contribution is -2.43. The van der Waals surface area contributed by atoms with Crippen molar-refractivity contribution < 1.29 is 9.90 Å². The SMILES string of the molecule is CN(C)CC1CC(C(=O)O)CN(C)C1. The van der Waals surface area contributed by atoms with Gasteiger partial charge in [0, 0.05) is 19.6 Å². The molecule has 0 aromatic heterocycles. The Balaban J connectivity index is 2.49. The third-order valence-electron chi connectivity index (χ3n) is 2.69. The zero-order valence-corrected chi connectivity index (χ0v) is 9.23. The average molecular weight is 200 g/mol. The number of aliphatic carboxylic acids is 1. The molecule has 0 spiro atoms. The molecular formula is C10H20N2O2. The molecule has 1 N–H and O–H groups in total. The van der Waals surface area contributed by atoms with Crippen LogP contribution in [-0.2, 0) is 4.79 Å². The lowest BCUT2D eigenvalue weighted by molar-refractivity contribution is -0.144. The van der Waals surface area contributed by atoms with Crippen LogP contribution in [0.3, 0.4) is 0 Å². The van der Waals surface area contributed by atoms with E-state index in [1.54, 1.807) is 0 Å². The third kappa shape index (κ3) is 3.27. The van der Waals surface area contributed by atoms with Crippen molar-refractivity contribution in [2.75, 3.05) is 40.8 Å². The zero-order chi connectivity index (χ0) is 10.7. The number of carboxylic acids is 1. The van der Waals surface area contributed by atoms with Crippen LogP contribution in [0.5, 0.6) is 0 Å². The minimum absolute atomic E-state index is 0.182. The number of piperidine rings is 1. The first-order valence-electron chi connectivity index (χ1n) is 5.05. The average Bonchev–Trinajstić information content (AvgIpc) is 2.01. The van der Waals surface area contributed by atoms with Gasteiger partial charge in [-0.3, -0.25) is 4.79 Å². The molecule has 0 aromatic rings. The first-order valence-corrected chi connectivity index (χ1v) is 5.05. The van der Waals surface area contributed by atoms with Gasteiger partial charge in [0.25, 0.3) is 0 Å². The Morgan fingerprint density at radius 3 is 2.64 bits per heavy atom. The summed E-state index contributed by atoms with van der Waals surface area (Å²) in [7, 11) is 6.06. The molecule has 1 heterocycles. The van der Waals surface area contributed by atoms with Gasteiger partial charge < -0.3 is 14.9 Å². The summed E-state index contributed by atoms with van der Waals surface area (Å²) in [4.78, 5) is 15.1. The van der Waals surface area contributed by atoms with Gasteiger partial charge in [0.1, 0.15) is 0 Å². The van der Waals surface area contributed by atoms with Gasteiger partial charge in [0.05, 0.1) is 5.92 Å². The van der Waals surface area contributed by atoms with E-state index < -0.39 is 5.97 Å². The van der Waals surface area contributed by atoms with Gasteiger partial charge in [-0.25, -0.2) is 0 Å². The van der Waals surface area contributed by atoms with Crippen LogP contribution in [0.15, 0.2) is 0 Å². The maximum absolute atomic E-state index is 10.9. The van der Waals surface area contributed by atoms with E-state index in [1.165, 1.54) is 0 Å². The molecule has 0 amide bonds. The van der Waals surface area contributed by atoms with Crippen molar-refractivity contribution in [3.63, 3.8) is 0 Å². The maximum Gasteiger partial charge on any atom is 0.307 e. The lowest BCUT2D eigenvalue weighted by atomic mass is 9.89. The van der Waals surface area contributed by atoms with E-state index in [4.69, 9.17) is 5.11 Å². The maximum atomic E-state index is 10.9. The molecule has 14 heavy (non-hydrogen) atoms. The Kier molecular flexibility index (Phi) is 3.89. The molecule has 0 saturated carbocycles. The molecule has 4 nitrogen and oxygen atoms in total. The standard InChI is InChI=1S/C10H20N2O2/c1-11(2)5-8-4-9(10(13)14)7-12(3)6-8/h8-9H,4-7H2,1-3H3,(H,13,14). The minimum Gasteiger partial charge on any atom is -0.481 e. The Hall–Kier alpha value is -0.610. The summed E-state index contributed by atoms with van der Waals surface area (Å²) >= 11 is 0. The molecule has 0 bridgehead atoms. The largest absolute Gasteiger partial charge is 0.481 e. The van der Waals surface area contributed by atoms with Crippen molar-refractivity contribution in [1.29, 1.82) is 0 Å². The van der Waals surface area contributed by atoms with Crippen molar-refractivity contribution in [2.45, 2.75) is 6.42 Å². The lowest BCUT2D eigenvalue weighted by Gasteiger charge is -2.34. The Labute approximate surface area is 85.5 Å². The third-order valence-corrected chi connectivity index (χ3v) is 2.69. The molecule has 2 unspecified atom stereocenters. The molecule has 0 aromatic carbocycles. The van der Waals surface area contributed by atoms with E-state index in [1.807, 2.05) is 21.1 Å². The molecule has 2 atom stereocenters. The van der Waals surface area contributed by atoms with Crippen LogP contribution in [0.4, 0.5) is 0 Å². The molecule has 1 aliphatic heterocycles. The predicted octanol–water partition coefficient (Wildman–Crippen LogP) is 0.201. The minimum atomic E-state index is -0.652. The number of rotatable bonds is 3. The van der Waals surface area contributed by atoms with Gasteiger partial charge in [0.15, 0.2) is 0 Å². The topological polar surface area (TPSA) is 43.8 Å². The summed E-state index contributed by atoms with van der Waals surface area (Å²) in [6.45, 7) is 2.69. The van der Waals surface area contributed by atoms with E-state index in [0.29, 0.717) is 12.5 Å². The second kappa shape index (κ2) is 4.75. The highest BCUT2D eigenvalue weighted by Gasteiger charge is 2.29. The van der Waals surface area contributed by atoms with Crippen LogP contribution in [0.2, 0.25) is 0 Å². The number of carbonyl (C=O) groups is 1. The van der Waals surface area contributed by atoms with E-state index >= 15 is 0 Å². The van der Waals surface area contributed by atoms with E-state index in [-0.39, 0.29) is 5.92 Å². The van der Waals surface area contributed by atoms with Crippen molar-refractivity contribution >= 4 is 5.97 Å². The van der Waals surface area contributed by atoms with Gasteiger partial charge in [-0.15, -0.1) is 0 Å². The summed E-state index contributed by atoms with van der Waals surface area (Å²) in [6.07, 6.45) is 0.817. The molecule has 82 valence electrons. The zero-order valence-electron chi connectivity index (χ0n) is 9.23. The van der Waals surface area contributed by atoms with Crippen molar-refractivity contribution in [2.24, 2.45) is 11.8 Å². The number of hydrogen-bond acceptors (Lipinski definition) is 3. The van der Waals surface area contributed by atoms with Crippen LogP contribution < -0.4 is 0 Å². The first-order chi connectivity index (χ1) is 6.49. The van der Waals surface area contributed by atoms with Crippen LogP contribution in [0.25, 0.3) is 0 Å². The van der Waals surface area contributed by atoms with Gasteiger partial charge >= 0.3 is 5.97 Å². The summed E-state index contributed by atoms with van der Waals surface area (Å²) in [5.74, 6) is -0.344. The van der Waals surface area contributed by atoms with Crippen molar-refractivity contribution in [1.82, 2.24) is 9.80 Å². The van der Waals surface area contributed by atoms with E-state index in [2.05, 4.69) is 9.80 Å². The summed E-state index contributed by atoms with van der Waals surface area (Å²) in [5, 5.41) is 8.97. The highest BCUT2D eigenvalue weighted by Crippen LogP contribution is 2.21. The second-order valence-electron chi connectivity index (χ2n) is 4.62. The highest BCUT2D eigenvalue weighted by atomic mass is 16.4. The van der Waals surface area contributed by atoms with Crippen LogP contribution >= 0.6 is 0 Å². The normalized spacial score (nSPS) is 29.4. The van der Waals surface area contributed by atoms with Gasteiger partial charge in [-0.1, -0.05) is 0 Å². The number of carboxylic acid groups (broad SMARTS) is 1. The molecule has 1 saturated heterocycles. The molecule has 1 rings (SSSR count). The highest BCUT2D eigenvalue weighted by molar-refractivity contribution is 5.70. The summed E-state index contributed by atoms with van der Waals surface area (Å²) in [6, 6.07) is 0. The fraction of sp³-hybridized carbons (Fsp3) is 0.900. The number of hydrogen-bond donors (Lipinski definition) is 1. The summed E-state index contributed by atoms with van der Waals surface area (Å²) < 4.78 is 0. The predicted molar refractivity (Wildman–Crippen MR) is 55.3 cm³/mol. The first kappa shape index (κ1) is 11.5. The molecular weight excluding hydrogens is 180 g/mol. The van der Waals surface area contributed by atoms with Crippen LogP contribution in [0.1, 0.15) is 6.42 Å². The fourth-order valence-electron chi connectivity index (χ4n) is 2.27. The van der Waals surface area contributed by atoms with E-state index in [0.717, 1.165) is 19.5 Å². The molecule has 1 fully saturated rings. The van der Waals surface area contributed by atoms with Gasteiger partial charge in [-0.2, -0.15) is 0 Å². The monoisotopic (exact) mass is 200 g/mol. The fourth-order valence-corrected chi connectivity index (χ4v) is 2.27. The number of nitrogens with zero attached hydrogens (tertiary/aromatic N) is 2. The molecule has 0 radical (unpaired) electrons. The van der Waals surface area contributed by atoms with Crippen molar-refractivity contribution in [3.8, 4) is 0 Å². The van der Waals surface area contributed by atoms with Crippen LogP contribution in [-0.4, -0.2) is 61.7 Å². The smallest absolute Gasteiger partial charge is 0.307 e. The molecule has 1 aliphatic rings. The summed E-state index contributed by atoms with van der Waals surface area (Å²) in [5.41, 5.74) is 0. The number of likely N-dealkylation sites (tertiary alicyclic amines) is 1. The Morgan fingerprint density at radius 2 is 2.14 bits per heavy atom. The van der Waals surface area contributed by atoms with Crippen molar-refractivity contribution in [3.05, 3.63) is 0 Å². The van der Waals surface area contributed by atoms with Crippen LogP contribution in [0, 0.1) is 11.8 Å². The second-order valence-corrected chi connectivity index (χ2v) is 4.62. The molecule has 0 aliphatic carbocycles. The Bertz CT molecular complexity index is 204. The molecule has 4 heteroatoms. The quantitative estimate of drug-likeness (QED) is 0.707. The van der Waals surface area contributed by atoms with Gasteiger partial charge in [0.2, 0.25) is 0 Å². The Morgan fingerprint density at radius 1 is 1.50 bits per heavy atom. The van der Waals surface area contributed by atoms with E-state index in [9.17, 15) is 4.79 Å².